The highest BCUT2D eigenvalue weighted by Gasteiger charge is 2.32. The van der Waals surface area contributed by atoms with Crippen LogP contribution < -0.4 is 4.90 Å². The van der Waals surface area contributed by atoms with Crippen molar-refractivity contribution in [3.05, 3.63) is 240 Å². The van der Waals surface area contributed by atoms with E-state index in [2.05, 4.69) is 231 Å². The Morgan fingerprint density at radius 3 is 2.13 bits per heavy atom. The van der Waals surface area contributed by atoms with E-state index in [-0.39, 0.29) is 17.4 Å². The Morgan fingerprint density at radius 1 is 0.710 bits per heavy atom. The fraction of sp³-hybridized carbons (Fsp3) is 0.153. The first kappa shape index (κ1) is 39.2. The van der Waals surface area contributed by atoms with Gasteiger partial charge in [-0.15, -0.1) is 0 Å². The van der Waals surface area contributed by atoms with Gasteiger partial charge in [0.05, 0.1) is 23.9 Å². The van der Waals surface area contributed by atoms with Crippen LogP contribution in [0.2, 0.25) is 0 Å². The highest BCUT2D eigenvalue weighted by molar-refractivity contribution is 5.96. The molecule has 2 heterocycles. The zero-order valence-electron chi connectivity index (χ0n) is 35.8. The number of hydrogen-bond donors (Lipinski definition) is 0. The molecule has 10 rings (SSSR count). The summed E-state index contributed by atoms with van der Waals surface area (Å²) >= 11 is 0. The molecule has 62 heavy (non-hydrogen) atoms. The second-order valence-corrected chi connectivity index (χ2v) is 17.3. The average molecular weight is 805 g/mol. The fourth-order valence-corrected chi connectivity index (χ4v) is 9.97. The van der Waals surface area contributed by atoms with Crippen LogP contribution in [-0.4, -0.2) is 10.7 Å². The zero-order chi connectivity index (χ0) is 42.2. The number of para-hydroxylation sites is 2. The molecular formula is C59H52N2O. The second-order valence-electron chi connectivity index (χ2n) is 17.3. The number of aromatic nitrogens is 1. The van der Waals surface area contributed by atoms with Crippen LogP contribution in [0.1, 0.15) is 55.1 Å². The van der Waals surface area contributed by atoms with Crippen molar-refractivity contribution in [3.63, 3.8) is 0 Å². The van der Waals surface area contributed by atoms with Gasteiger partial charge in [0, 0.05) is 45.2 Å². The lowest BCUT2D eigenvalue weighted by molar-refractivity contribution is 0.0463. The first-order valence-corrected chi connectivity index (χ1v) is 22.0. The van der Waals surface area contributed by atoms with Crippen LogP contribution in [-0.2, 0) is 17.8 Å². The molecule has 0 fully saturated rings. The molecule has 304 valence electrons. The summed E-state index contributed by atoms with van der Waals surface area (Å²) in [6.07, 6.45) is 19.5. The van der Waals surface area contributed by atoms with Crippen molar-refractivity contribution in [1.29, 1.82) is 0 Å². The summed E-state index contributed by atoms with van der Waals surface area (Å²) in [7, 11) is 0. The molecule has 1 aromatic heterocycles. The molecule has 0 saturated carbocycles. The number of ether oxygens (including phenoxy) is 1. The lowest BCUT2D eigenvalue weighted by atomic mass is 9.69. The molecule has 3 aliphatic rings. The predicted octanol–water partition coefficient (Wildman–Crippen LogP) is 15.3. The minimum atomic E-state index is -0.0227. The van der Waals surface area contributed by atoms with Crippen LogP contribution in [0, 0.1) is 11.3 Å². The molecule has 2 atom stereocenters. The summed E-state index contributed by atoms with van der Waals surface area (Å²) in [6.45, 7) is 11.6. The zero-order valence-corrected chi connectivity index (χ0v) is 35.8. The predicted molar refractivity (Wildman–Crippen MR) is 261 cm³/mol. The summed E-state index contributed by atoms with van der Waals surface area (Å²) in [5.74, 6) is 0.247. The van der Waals surface area contributed by atoms with Gasteiger partial charge in [-0.3, -0.25) is 0 Å². The molecule has 1 aliphatic heterocycles. The highest BCUT2D eigenvalue weighted by Crippen LogP contribution is 2.47. The van der Waals surface area contributed by atoms with Crippen LogP contribution in [0.3, 0.4) is 0 Å². The van der Waals surface area contributed by atoms with Gasteiger partial charge in [-0.2, -0.15) is 0 Å². The van der Waals surface area contributed by atoms with Crippen LogP contribution in [0.25, 0.3) is 38.9 Å². The largest absolute Gasteiger partial charge is 0.369 e. The Kier molecular flexibility index (Phi) is 10.4. The van der Waals surface area contributed by atoms with Crippen molar-refractivity contribution >= 4 is 39.1 Å². The number of anilines is 3. The third kappa shape index (κ3) is 7.13. The Bertz CT molecular complexity index is 2940. The Morgan fingerprint density at radius 2 is 1.37 bits per heavy atom. The summed E-state index contributed by atoms with van der Waals surface area (Å²) < 4.78 is 9.30. The normalized spacial score (nSPS) is 18.9. The third-order valence-electron chi connectivity index (χ3n) is 13.0. The van der Waals surface area contributed by atoms with E-state index in [0.717, 1.165) is 35.6 Å². The smallest absolute Gasteiger partial charge is 0.0829 e. The van der Waals surface area contributed by atoms with Crippen LogP contribution in [0.4, 0.5) is 17.1 Å². The molecule has 2 aliphatic carbocycles. The minimum Gasteiger partial charge on any atom is -0.369 e. The number of rotatable bonds is 8. The highest BCUT2D eigenvalue weighted by atomic mass is 16.5. The van der Waals surface area contributed by atoms with Crippen molar-refractivity contribution in [3.8, 4) is 16.8 Å². The third-order valence-corrected chi connectivity index (χ3v) is 13.0. The molecule has 6 aromatic carbocycles. The Labute approximate surface area is 366 Å². The molecule has 0 saturated heterocycles. The van der Waals surface area contributed by atoms with Crippen molar-refractivity contribution in [2.24, 2.45) is 11.3 Å². The molecule has 0 spiro atoms. The van der Waals surface area contributed by atoms with Gasteiger partial charge in [0.1, 0.15) is 0 Å². The van der Waals surface area contributed by atoms with E-state index in [4.69, 9.17) is 4.74 Å². The van der Waals surface area contributed by atoms with E-state index >= 15 is 0 Å². The van der Waals surface area contributed by atoms with Crippen molar-refractivity contribution in [2.45, 2.75) is 46.3 Å². The monoisotopic (exact) mass is 804 g/mol. The van der Waals surface area contributed by atoms with Gasteiger partial charge in [-0.05, 0) is 119 Å². The quantitative estimate of drug-likeness (QED) is 0.152. The number of benzene rings is 6. The van der Waals surface area contributed by atoms with E-state index in [1.807, 2.05) is 6.08 Å². The number of fused-ring (bicyclic) bond motifs is 5. The standard InChI is InChI=1S/C59H52N2O/c1-5-17-55-50(6-2)51-37-35-49(38-45(51)39-59(55,3)4)60(46-21-11-8-12-22-46)47-33-28-43(29-34-47)52-36-30-44-20-13-16-25-57(44)62-40-54-53-23-14-15-24-56(53)61(58(52)54)48-31-26-42(27-32-48)41-18-9-7-10-19-41/h5-29,31-38,44,57H,2,30,39-40H2,1,3-4H3/b17-5-,52-36-. The van der Waals surface area contributed by atoms with Crippen molar-refractivity contribution < 1.29 is 4.74 Å². The Balaban J connectivity index is 1.11. The van der Waals surface area contributed by atoms with Crippen LogP contribution in [0.5, 0.6) is 0 Å². The van der Waals surface area contributed by atoms with Gasteiger partial charge < -0.3 is 14.2 Å². The topological polar surface area (TPSA) is 17.4 Å². The molecule has 3 heteroatoms. The molecule has 0 amide bonds. The van der Waals surface area contributed by atoms with Gasteiger partial charge in [-0.25, -0.2) is 0 Å². The SMILES string of the molecule is C=CC1=C(/C=C\C)C(C)(C)Cc2cc(N(c3ccccc3)c3ccc(/C4=C/CC5C=CC=CC5OCc5c4n(-c4ccc(-c6ccccc6)cc4)c4ccccc54)cc3)ccc21. The number of nitrogens with zero attached hydrogens (tertiary/aromatic N) is 2. The summed E-state index contributed by atoms with van der Waals surface area (Å²) in [6, 6.07) is 55.4. The van der Waals surface area contributed by atoms with E-state index in [1.54, 1.807) is 0 Å². The first-order valence-electron chi connectivity index (χ1n) is 22.0. The first-order chi connectivity index (χ1) is 30.4. The van der Waals surface area contributed by atoms with Gasteiger partial charge >= 0.3 is 0 Å². The molecule has 2 unspecified atom stereocenters. The van der Waals surface area contributed by atoms with Crippen molar-refractivity contribution in [2.75, 3.05) is 4.90 Å². The van der Waals surface area contributed by atoms with Gasteiger partial charge in [0.2, 0.25) is 0 Å². The van der Waals surface area contributed by atoms with Crippen LogP contribution >= 0.6 is 0 Å². The lowest BCUT2D eigenvalue weighted by Gasteiger charge is -2.36. The molecule has 0 N–H and O–H groups in total. The maximum atomic E-state index is 6.84. The maximum Gasteiger partial charge on any atom is 0.0829 e. The molecule has 0 bridgehead atoms. The average Bonchev–Trinajstić information content (AvgIpc) is 3.66. The molecule has 0 radical (unpaired) electrons. The van der Waals surface area contributed by atoms with E-state index in [9.17, 15) is 0 Å². The summed E-state index contributed by atoms with van der Waals surface area (Å²) in [5, 5.41) is 1.21. The van der Waals surface area contributed by atoms with Gasteiger partial charge in [0.15, 0.2) is 0 Å². The van der Waals surface area contributed by atoms with Gasteiger partial charge in [0.25, 0.3) is 0 Å². The fourth-order valence-electron chi connectivity index (χ4n) is 9.97. The van der Waals surface area contributed by atoms with Gasteiger partial charge in [-0.1, -0.05) is 166 Å². The number of hydrogen-bond acceptors (Lipinski definition) is 2. The minimum absolute atomic E-state index is 0.00691. The molecule has 7 aromatic rings. The van der Waals surface area contributed by atoms with E-state index in [0.29, 0.717) is 6.61 Å². The molecular weight excluding hydrogens is 753 g/mol. The number of allylic oxidation sites excluding steroid dienone is 8. The summed E-state index contributed by atoms with van der Waals surface area (Å²) in [5.41, 5.74) is 18.0. The van der Waals surface area contributed by atoms with E-state index in [1.165, 1.54) is 66.7 Å². The lowest BCUT2D eigenvalue weighted by Crippen LogP contribution is -2.23. The van der Waals surface area contributed by atoms with E-state index < -0.39 is 0 Å². The maximum absolute atomic E-state index is 6.84. The van der Waals surface area contributed by atoms with Crippen molar-refractivity contribution in [1.82, 2.24) is 4.57 Å². The van der Waals surface area contributed by atoms with Crippen LogP contribution in [0.15, 0.2) is 212 Å². The summed E-state index contributed by atoms with van der Waals surface area (Å²) in [4.78, 5) is 2.39. The Hall–Kier alpha value is -6.94. The molecule has 3 nitrogen and oxygen atoms in total. The second kappa shape index (κ2) is 16.5.